The molecule has 3 rings (SSSR count). The Kier molecular flexibility index (Phi) is 6.87. The van der Waals surface area contributed by atoms with Crippen LogP contribution in [0.5, 0.6) is 0 Å². The second-order valence-electron chi connectivity index (χ2n) is 7.14. The van der Waals surface area contributed by atoms with E-state index in [1.54, 1.807) is 12.1 Å². The molecular formula is C19H19F6N3O3. The zero-order chi connectivity index (χ0) is 22.6. The van der Waals surface area contributed by atoms with Gasteiger partial charge in [-0.05, 0) is 18.4 Å². The summed E-state index contributed by atoms with van der Waals surface area (Å²) >= 11 is 0. The number of amides is 1. The molecule has 0 spiro atoms. The minimum Gasteiger partial charge on any atom is -0.376 e. The van der Waals surface area contributed by atoms with Crippen molar-refractivity contribution in [3.8, 4) is 11.4 Å². The van der Waals surface area contributed by atoms with Crippen LogP contribution in [0.2, 0.25) is 0 Å². The Bertz CT molecular complexity index is 873. The number of ether oxygens (including phenoxy) is 1. The molecule has 0 bridgehead atoms. The fourth-order valence-electron chi connectivity index (χ4n) is 3.13. The van der Waals surface area contributed by atoms with Gasteiger partial charge >= 0.3 is 18.2 Å². The highest BCUT2D eigenvalue weighted by molar-refractivity contribution is 5.76. The molecule has 2 aromatic rings. The summed E-state index contributed by atoms with van der Waals surface area (Å²) in [6.07, 6.45) is -9.80. The molecule has 0 radical (unpaired) electrons. The second-order valence-corrected chi connectivity index (χ2v) is 7.14. The molecular weight excluding hydrogens is 432 g/mol. The molecule has 1 aliphatic heterocycles. The lowest BCUT2D eigenvalue weighted by atomic mass is 10.1. The standard InChI is InChI=1S/C19H19F6N3O3/c20-18(21,22)8-7-15(29)28(11-14-2-1-9-30-14)10-12-3-5-13(6-4-12)16-26-17(31-27-16)19(23,24)25/h3-6,14H,1-2,7-11H2. The lowest BCUT2D eigenvalue weighted by molar-refractivity contribution is -0.159. The van der Waals surface area contributed by atoms with Gasteiger partial charge in [0.05, 0.1) is 12.5 Å². The van der Waals surface area contributed by atoms with Crippen LogP contribution in [0.1, 0.15) is 37.1 Å². The molecule has 0 N–H and O–H groups in total. The van der Waals surface area contributed by atoms with Crippen LogP contribution < -0.4 is 0 Å². The molecule has 170 valence electrons. The van der Waals surface area contributed by atoms with Gasteiger partial charge in [-0.3, -0.25) is 4.79 Å². The Morgan fingerprint density at radius 3 is 2.39 bits per heavy atom. The van der Waals surface area contributed by atoms with Gasteiger partial charge in [-0.25, -0.2) is 0 Å². The number of halogens is 6. The summed E-state index contributed by atoms with van der Waals surface area (Å²) in [6.45, 7) is 0.740. The average Bonchev–Trinajstić information content (AvgIpc) is 3.37. The third-order valence-electron chi connectivity index (χ3n) is 4.68. The Morgan fingerprint density at radius 2 is 1.84 bits per heavy atom. The van der Waals surface area contributed by atoms with Crippen LogP contribution in [0.15, 0.2) is 28.8 Å². The van der Waals surface area contributed by atoms with Crippen molar-refractivity contribution in [2.75, 3.05) is 13.2 Å². The van der Waals surface area contributed by atoms with Crippen molar-refractivity contribution in [3.05, 3.63) is 35.7 Å². The van der Waals surface area contributed by atoms with E-state index in [0.29, 0.717) is 18.6 Å². The maximum Gasteiger partial charge on any atom is 0.471 e. The molecule has 1 amide bonds. The first kappa shape index (κ1) is 23.0. The molecule has 1 aliphatic rings. The van der Waals surface area contributed by atoms with E-state index in [1.165, 1.54) is 17.0 Å². The van der Waals surface area contributed by atoms with Crippen molar-refractivity contribution in [1.29, 1.82) is 0 Å². The zero-order valence-electron chi connectivity index (χ0n) is 16.2. The van der Waals surface area contributed by atoms with E-state index in [-0.39, 0.29) is 30.6 Å². The van der Waals surface area contributed by atoms with Gasteiger partial charge in [0.25, 0.3) is 0 Å². The summed E-state index contributed by atoms with van der Waals surface area (Å²) in [5.41, 5.74) is 0.846. The predicted octanol–water partition coefficient (Wildman–Crippen LogP) is 4.61. The van der Waals surface area contributed by atoms with Crippen molar-refractivity contribution in [3.63, 3.8) is 0 Å². The maximum absolute atomic E-state index is 12.6. The number of aromatic nitrogens is 2. The molecule has 0 aliphatic carbocycles. The Labute approximate surface area is 173 Å². The third-order valence-corrected chi connectivity index (χ3v) is 4.68. The molecule has 1 aromatic heterocycles. The highest BCUT2D eigenvalue weighted by Gasteiger charge is 2.38. The van der Waals surface area contributed by atoms with Gasteiger partial charge in [-0.2, -0.15) is 31.3 Å². The van der Waals surface area contributed by atoms with Crippen molar-refractivity contribution in [1.82, 2.24) is 15.0 Å². The van der Waals surface area contributed by atoms with Crippen molar-refractivity contribution in [2.45, 2.75) is 50.7 Å². The summed E-state index contributed by atoms with van der Waals surface area (Å²) in [4.78, 5) is 17.0. The second kappa shape index (κ2) is 9.25. The largest absolute Gasteiger partial charge is 0.471 e. The number of nitrogens with zero attached hydrogens (tertiary/aromatic N) is 3. The number of carbonyl (C=O) groups is 1. The topological polar surface area (TPSA) is 68.5 Å². The van der Waals surface area contributed by atoms with Gasteiger partial charge in [-0.1, -0.05) is 29.4 Å². The molecule has 1 atom stereocenters. The maximum atomic E-state index is 12.6. The van der Waals surface area contributed by atoms with E-state index >= 15 is 0 Å². The molecule has 2 heterocycles. The predicted molar refractivity (Wildman–Crippen MR) is 94.4 cm³/mol. The fraction of sp³-hybridized carbons (Fsp3) is 0.526. The van der Waals surface area contributed by atoms with Gasteiger partial charge < -0.3 is 14.2 Å². The van der Waals surface area contributed by atoms with E-state index in [9.17, 15) is 31.1 Å². The molecule has 1 fully saturated rings. The number of benzene rings is 1. The fourth-order valence-corrected chi connectivity index (χ4v) is 3.13. The number of rotatable bonds is 7. The molecule has 12 heteroatoms. The minimum absolute atomic E-state index is 0.0386. The average molecular weight is 451 g/mol. The SMILES string of the molecule is O=C(CCC(F)(F)F)N(Cc1ccc(-c2noc(C(F)(F)F)n2)cc1)CC1CCCO1. The van der Waals surface area contributed by atoms with Crippen LogP contribution in [0.4, 0.5) is 26.3 Å². The lowest BCUT2D eigenvalue weighted by Gasteiger charge is -2.26. The van der Waals surface area contributed by atoms with Gasteiger partial charge in [-0.15, -0.1) is 0 Å². The summed E-state index contributed by atoms with van der Waals surface area (Å²) in [7, 11) is 0. The van der Waals surface area contributed by atoms with Crippen LogP contribution in [-0.4, -0.2) is 46.4 Å². The summed E-state index contributed by atoms with van der Waals surface area (Å²) in [5.74, 6) is -2.37. The highest BCUT2D eigenvalue weighted by Crippen LogP contribution is 2.29. The van der Waals surface area contributed by atoms with Crippen LogP contribution in [-0.2, 0) is 22.3 Å². The summed E-state index contributed by atoms with van der Waals surface area (Å²) in [5, 5.41) is 3.29. The van der Waals surface area contributed by atoms with Gasteiger partial charge in [0.15, 0.2) is 0 Å². The number of hydrogen-bond donors (Lipinski definition) is 0. The van der Waals surface area contributed by atoms with E-state index in [2.05, 4.69) is 14.7 Å². The third kappa shape index (κ3) is 6.68. The zero-order valence-corrected chi connectivity index (χ0v) is 16.2. The summed E-state index contributed by atoms with van der Waals surface area (Å²) in [6, 6.07) is 5.98. The molecule has 0 saturated carbocycles. The monoisotopic (exact) mass is 451 g/mol. The van der Waals surface area contributed by atoms with E-state index in [4.69, 9.17) is 4.74 Å². The minimum atomic E-state index is -4.76. The van der Waals surface area contributed by atoms with E-state index in [1.807, 2.05) is 0 Å². The smallest absolute Gasteiger partial charge is 0.376 e. The highest BCUT2D eigenvalue weighted by atomic mass is 19.4. The number of carbonyl (C=O) groups excluding carboxylic acids is 1. The molecule has 1 aromatic carbocycles. The number of hydrogen-bond acceptors (Lipinski definition) is 5. The van der Waals surface area contributed by atoms with Crippen LogP contribution in [0.3, 0.4) is 0 Å². The van der Waals surface area contributed by atoms with Crippen molar-refractivity contribution in [2.24, 2.45) is 0 Å². The van der Waals surface area contributed by atoms with Crippen LogP contribution in [0.25, 0.3) is 11.4 Å². The van der Waals surface area contributed by atoms with E-state index < -0.39 is 37.0 Å². The Morgan fingerprint density at radius 1 is 1.13 bits per heavy atom. The Balaban J connectivity index is 1.69. The first-order valence-corrected chi connectivity index (χ1v) is 9.47. The van der Waals surface area contributed by atoms with Crippen molar-refractivity contribution >= 4 is 5.91 Å². The van der Waals surface area contributed by atoms with Crippen LogP contribution in [0, 0.1) is 0 Å². The number of alkyl halides is 6. The Hall–Kier alpha value is -2.63. The molecule has 6 nitrogen and oxygen atoms in total. The lowest BCUT2D eigenvalue weighted by Crippen LogP contribution is -2.37. The van der Waals surface area contributed by atoms with Crippen molar-refractivity contribution < 1.29 is 40.4 Å². The van der Waals surface area contributed by atoms with Gasteiger partial charge in [0.2, 0.25) is 11.7 Å². The summed E-state index contributed by atoms with van der Waals surface area (Å²) < 4.78 is 85.0. The van der Waals surface area contributed by atoms with E-state index in [0.717, 1.165) is 6.42 Å². The van der Waals surface area contributed by atoms with Gasteiger partial charge in [0.1, 0.15) is 0 Å². The normalized spacial score (nSPS) is 17.2. The first-order chi connectivity index (χ1) is 14.5. The van der Waals surface area contributed by atoms with Gasteiger partial charge in [0, 0.05) is 31.7 Å². The molecule has 1 unspecified atom stereocenters. The molecule has 31 heavy (non-hydrogen) atoms. The quantitative estimate of drug-likeness (QED) is 0.576. The first-order valence-electron chi connectivity index (χ1n) is 9.47. The molecule has 1 saturated heterocycles. The van der Waals surface area contributed by atoms with Crippen LogP contribution >= 0.6 is 0 Å².